The molecular weight excluding hydrogens is 278 g/mol. The third-order valence-corrected chi connectivity index (χ3v) is 3.50. The fraction of sp³-hybridized carbons (Fsp3) is 0.111. The smallest absolute Gasteiger partial charge is 0.337 e. The zero-order chi connectivity index (χ0) is 15.5. The Bertz CT molecular complexity index is 820. The molecule has 1 heterocycles. The molecule has 3 aromatic rings. The first-order chi connectivity index (χ1) is 10.7. The molecule has 0 bridgehead atoms. The summed E-state index contributed by atoms with van der Waals surface area (Å²) in [6.45, 7) is 2.02. The van der Waals surface area contributed by atoms with Crippen molar-refractivity contribution in [3.8, 4) is 22.6 Å². The van der Waals surface area contributed by atoms with Gasteiger partial charge in [-0.05, 0) is 24.6 Å². The number of methoxy groups -OCH3 is 1. The van der Waals surface area contributed by atoms with Gasteiger partial charge in [-0.1, -0.05) is 41.6 Å². The van der Waals surface area contributed by atoms with Gasteiger partial charge in [0.25, 0.3) is 0 Å². The van der Waals surface area contributed by atoms with E-state index < -0.39 is 0 Å². The van der Waals surface area contributed by atoms with Crippen LogP contribution in [0, 0.1) is 6.92 Å². The molecule has 2 aromatic carbocycles. The molecule has 3 rings (SSSR count). The molecule has 0 amide bonds. The molecule has 0 saturated heterocycles. The second kappa shape index (κ2) is 5.85. The quantitative estimate of drug-likeness (QED) is 0.682. The van der Waals surface area contributed by atoms with Crippen molar-refractivity contribution >= 4 is 5.97 Å². The Hall–Kier alpha value is -2.88. The van der Waals surface area contributed by atoms with Gasteiger partial charge in [0.05, 0.1) is 12.7 Å². The molecule has 22 heavy (non-hydrogen) atoms. The van der Waals surface area contributed by atoms with Crippen LogP contribution in [0.1, 0.15) is 15.9 Å². The first-order valence-corrected chi connectivity index (χ1v) is 6.90. The highest BCUT2D eigenvalue weighted by molar-refractivity contribution is 5.90. The topological polar surface area (TPSA) is 52.3 Å². The van der Waals surface area contributed by atoms with Gasteiger partial charge < -0.3 is 9.26 Å². The highest BCUT2D eigenvalue weighted by Crippen LogP contribution is 2.28. The lowest BCUT2D eigenvalue weighted by atomic mass is 10.0. The Morgan fingerprint density at radius 1 is 1.09 bits per heavy atom. The SMILES string of the molecule is COC(=O)c1cccc(-c2cc(-c3ccccc3C)on2)c1. The standard InChI is InChI=1S/C18H15NO3/c1-12-6-3-4-9-15(12)17-11-16(19-22-17)13-7-5-8-14(10-13)18(20)21-2/h3-11H,1-2H3. The van der Waals surface area contributed by atoms with E-state index in [2.05, 4.69) is 5.16 Å². The number of carbonyl (C=O) groups is 1. The lowest BCUT2D eigenvalue weighted by Gasteiger charge is -2.01. The fourth-order valence-corrected chi connectivity index (χ4v) is 2.31. The number of esters is 1. The first-order valence-electron chi connectivity index (χ1n) is 6.90. The summed E-state index contributed by atoms with van der Waals surface area (Å²) in [5, 5.41) is 4.10. The van der Waals surface area contributed by atoms with Crippen LogP contribution in [0.4, 0.5) is 0 Å². The van der Waals surface area contributed by atoms with Crippen LogP contribution in [-0.2, 0) is 4.74 Å². The van der Waals surface area contributed by atoms with E-state index in [0.29, 0.717) is 17.0 Å². The molecule has 0 unspecified atom stereocenters. The van der Waals surface area contributed by atoms with Crippen LogP contribution in [-0.4, -0.2) is 18.2 Å². The Morgan fingerprint density at radius 2 is 1.91 bits per heavy atom. The zero-order valence-electron chi connectivity index (χ0n) is 12.4. The van der Waals surface area contributed by atoms with Crippen molar-refractivity contribution in [2.24, 2.45) is 0 Å². The number of aryl methyl sites for hydroxylation is 1. The molecule has 0 atom stereocenters. The van der Waals surface area contributed by atoms with Crippen molar-refractivity contribution in [3.63, 3.8) is 0 Å². The zero-order valence-corrected chi connectivity index (χ0v) is 12.4. The number of nitrogens with zero attached hydrogens (tertiary/aromatic N) is 1. The second-order valence-corrected chi connectivity index (χ2v) is 4.96. The lowest BCUT2D eigenvalue weighted by molar-refractivity contribution is 0.0601. The predicted molar refractivity (Wildman–Crippen MR) is 83.5 cm³/mol. The summed E-state index contributed by atoms with van der Waals surface area (Å²) >= 11 is 0. The third kappa shape index (κ3) is 2.63. The van der Waals surface area contributed by atoms with Crippen LogP contribution in [0.15, 0.2) is 59.1 Å². The fourth-order valence-electron chi connectivity index (χ4n) is 2.31. The van der Waals surface area contributed by atoms with Gasteiger partial charge >= 0.3 is 5.97 Å². The molecule has 0 fully saturated rings. The van der Waals surface area contributed by atoms with Crippen molar-refractivity contribution in [1.29, 1.82) is 0 Å². The monoisotopic (exact) mass is 293 g/mol. The van der Waals surface area contributed by atoms with Crippen molar-refractivity contribution in [2.75, 3.05) is 7.11 Å². The minimum Gasteiger partial charge on any atom is -0.465 e. The number of carbonyl (C=O) groups excluding carboxylic acids is 1. The van der Waals surface area contributed by atoms with Gasteiger partial charge in [0, 0.05) is 17.2 Å². The first kappa shape index (κ1) is 14.1. The van der Waals surface area contributed by atoms with E-state index in [1.807, 2.05) is 43.3 Å². The van der Waals surface area contributed by atoms with Gasteiger partial charge in [0.1, 0.15) is 5.69 Å². The number of hydrogen-bond donors (Lipinski definition) is 0. The van der Waals surface area contributed by atoms with Crippen molar-refractivity contribution in [2.45, 2.75) is 6.92 Å². The number of benzene rings is 2. The number of hydrogen-bond acceptors (Lipinski definition) is 4. The molecule has 0 spiro atoms. The highest BCUT2D eigenvalue weighted by atomic mass is 16.5. The normalized spacial score (nSPS) is 10.5. The summed E-state index contributed by atoms with van der Waals surface area (Å²) in [4.78, 5) is 11.6. The third-order valence-electron chi connectivity index (χ3n) is 3.50. The molecule has 0 saturated carbocycles. The Balaban J connectivity index is 1.98. The molecule has 0 radical (unpaired) electrons. The summed E-state index contributed by atoms with van der Waals surface area (Å²) in [6.07, 6.45) is 0. The van der Waals surface area contributed by atoms with E-state index in [1.165, 1.54) is 7.11 Å². The van der Waals surface area contributed by atoms with E-state index in [9.17, 15) is 4.79 Å². The number of ether oxygens (including phenoxy) is 1. The van der Waals surface area contributed by atoms with Crippen LogP contribution >= 0.6 is 0 Å². The maximum absolute atomic E-state index is 11.6. The van der Waals surface area contributed by atoms with Crippen LogP contribution < -0.4 is 0 Å². The van der Waals surface area contributed by atoms with Crippen molar-refractivity contribution in [1.82, 2.24) is 5.16 Å². The molecule has 1 aromatic heterocycles. The van der Waals surface area contributed by atoms with Gasteiger partial charge in [0.15, 0.2) is 5.76 Å². The maximum atomic E-state index is 11.6. The average molecular weight is 293 g/mol. The van der Waals surface area contributed by atoms with Gasteiger partial charge in [-0.15, -0.1) is 0 Å². The van der Waals surface area contributed by atoms with Crippen LogP contribution in [0.2, 0.25) is 0 Å². The van der Waals surface area contributed by atoms with E-state index in [-0.39, 0.29) is 5.97 Å². The number of aromatic nitrogens is 1. The Kier molecular flexibility index (Phi) is 3.74. The van der Waals surface area contributed by atoms with Gasteiger partial charge in [-0.25, -0.2) is 4.79 Å². The molecule has 0 N–H and O–H groups in total. The summed E-state index contributed by atoms with van der Waals surface area (Å²) in [6, 6.07) is 17.0. The minimum atomic E-state index is -0.371. The van der Waals surface area contributed by atoms with Gasteiger partial charge in [-0.3, -0.25) is 0 Å². The predicted octanol–water partition coefficient (Wildman–Crippen LogP) is 4.10. The van der Waals surface area contributed by atoms with Gasteiger partial charge in [-0.2, -0.15) is 0 Å². The lowest BCUT2D eigenvalue weighted by Crippen LogP contribution is -2.00. The van der Waals surface area contributed by atoms with Crippen molar-refractivity contribution < 1.29 is 14.1 Å². The molecular formula is C18H15NO3. The maximum Gasteiger partial charge on any atom is 0.337 e. The molecule has 4 heteroatoms. The van der Waals surface area contributed by atoms with E-state index >= 15 is 0 Å². The Labute approximate surface area is 128 Å². The van der Waals surface area contributed by atoms with Crippen LogP contribution in [0.5, 0.6) is 0 Å². The van der Waals surface area contributed by atoms with Crippen molar-refractivity contribution in [3.05, 3.63) is 65.7 Å². The summed E-state index contributed by atoms with van der Waals surface area (Å²) in [7, 11) is 1.36. The largest absolute Gasteiger partial charge is 0.465 e. The number of rotatable bonds is 3. The Morgan fingerprint density at radius 3 is 2.68 bits per heavy atom. The highest BCUT2D eigenvalue weighted by Gasteiger charge is 2.12. The molecule has 110 valence electrons. The van der Waals surface area contributed by atoms with Gasteiger partial charge in [0.2, 0.25) is 0 Å². The molecule has 4 nitrogen and oxygen atoms in total. The second-order valence-electron chi connectivity index (χ2n) is 4.96. The van der Waals surface area contributed by atoms with Crippen LogP contribution in [0.25, 0.3) is 22.6 Å². The summed E-state index contributed by atoms with van der Waals surface area (Å²) in [5.74, 6) is 0.334. The molecule has 0 aliphatic heterocycles. The minimum absolute atomic E-state index is 0.371. The molecule has 0 aliphatic carbocycles. The van der Waals surface area contributed by atoms with E-state index in [1.54, 1.807) is 18.2 Å². The average Bonchev–Trinajstić information content (AvgIpc) is 3.04. The summed E-state index contributed by atoms with van der Waals surface area (Å²) in [5.41, 5.74) is 4.11. The van der Waals surface area contributed by atoms with E-state index in [0.717, 1.165) is 16.7 Å². The van der Waals surface area contributed by atoms with Crippen LogP contribution in [0.3, 0.4) is 0 Å². The molecule has 0 aliphatic rings. The van der Waals surface area contributed by atoms with E-state index in [4.69, 9.17) is 9.26 Å². The summed E-state index contributed by atoms with van der Waals surface area (Å²) < 4.78 is 10.2.